The van der Waals surface area contributed by atoms with E-state index in [-0.39, 0.29) is 23.2 Å². The maximum absolute atomic E-state index is 13.6. The van der Waals surface area contributed by atoms with Crippen molar-refractivity contribution in [2.24, 2.45) is 11.7 Å². The van der Waals surface area contributed by atoms with Crippen molar-refractivity contribution in [2.45, 2.75) is 103 Å². The predicted octanol–water partition coefficient (Wildman–Crippen LogP) is 5.04. The van der Waals surface area contributed by atoms with E-state index < -0.39 is 0 Å². The summed E-state index contributed by atoms with van der Waals surface area (Å²) in [4.78, 5) is 21.1. The standard InChI is InChI=1S/C27H41N5O/c1-19-10-8-11-20(2)31(19)16-6-3-7-17-32-24-15-5-4-14-23(24)30-25(27(32)33)21-12-9-13-22(18-21)26(28)29/h4-5,14-15,19-22H,3,6-13,16-18H2,1-2H3,(H3,28,29)/t19-,20+,21?,22?. The molecule has 2 aliphatic rings. The van der Waals surface area contributed by atoms with Gasteiger partial charge in [-0.15, -0.1) is 0 Å². The number of aryl methyl sites for hydroxylation is 1. The van der Waals surface area contributed by atoms with Crippen LogP contribution in [-0.4, -0.2) is 38.9 Å². The molecule has 4 atom stereocenters. The van der Waals surface area contributed by atoms with Crippen molar-refractivity contribution in [3.63, 3.8) is 0 Å². The number of nitrogens with zero attached hydrogens (tertiary/aromatic N) is 3. The maximum atomic E-state index is 13.6. The van der Waals surface area contributed by atoms with Crippen molar-refractivity contribution in [2.75, 3.05) is 6.54 Å². The average Bonchev–Trinajstić information content (AvgIpc) is 2.81. The highest BCUT2D eigenvalue weighted by molar-refractivity contribution is 5.79. The Hall–Kier alpha value is -2.21. The number of para-hydroxylation sites is 2. The van der Waals surface area contributed by atoms with Gasteiger partial charge in [0.15, 0.2) is 0 Å². The average molecular weight is 452 g/mol. The summed E-state index contributed by atoms with van der Waals surface area (Å²) < 4.78 is 1.96. The van der Waals surface area contributed by atoms with E-state index >= 15 is 0 Å². The Morgan fingerprint density at radius 2 is 1.73 bits per heavy atom. The van der Waals surface area contributed by atoms with Crippen molar-refractivity contribution in [1.82, 2.24) is 14.5 Å². The van der Waals surface area contributed by atoms with Gasteiger partial charge >= 0.3 is 0 Å². The van der Waals surface area contributed by atoms with Gasteiger partial charge in [-0.3, -0.25) is 15.1 Å². The molecule has 1 aliphatic heterocycles. The molecule has 3 N–H and O–H groups in total. The zero-order chi connectivity index (χ0) is 23.4. The van der Waals surface area contributed by atoms with E-state index in [1.165, 1.54) is 25.7 Å². The molecule has 1 saturated heterocycles. The highest BCUT2D eigenvalue weighted by Crippen LogP contribution is 2.34. The summed E-state index contributed by atoms with van der Waals surface area (Å²) >= 11 is 0. The number of nitrogens with one attached hydrogen (secondary N) is 1. The van der Waals surface area contributed by atoms with Crippen LogP contribution in [0.15, 0.2) is 29.1 Å². The Kier molecular flexibility index (Phi) is 7.84. The molecule has 0 spiro atoms. The summed E-state index contributed by atoms with van der Waals surface area (Å²) in [6.07, 6.45) is 11.0. The van der Waals surface area contributed by atoms with Gasteiger partial charge < -0.3 is 10.3 Å². The summed E-state index contributed by atoms with van der Waals surface area (Å²) in [6, 6.07) is 9.40. The number of likely N-dealkylation sites (tertiary alicyclic amines) is 1. The van der Waals surface area contributed by atoms with Gasteiger partial charge in [0, 0.05) is 30.5 Å². The van der Waals surface area contributed by atoms with Crippen LogP contribution < -0.4 is 11.3 Å². The smallest absolute Gasteiger partial charge is 0.273 e. The number of benzene rings is 1. The summed E-state index contributed by atoms with van der Waals surface area (Å²) in [5.74, 6) is 0.417. The van der Waals surface area contributed by atoms with Crippen molar-refractivity contribution >= 4 is 16.9 Å². The van der Waals surface area contributed by atoms with Crippen LogP contribution in [0.3, 0.4) is 0 Å². The van der Waals surface area contributed by atoms with Gasteiger partial charge in [-0.1, -0.05) is 31.4 Å². The van der Waals surface area contributed by atoms with Crippen molar-refractivity contribution in [3.8, 4) is 0 Å². The predicted molar refractivity (Wildman–Crippen MR) is 136 cm³/mol. The number of amidine groups is 1. The van der Waals surface area contributed by atoms with Crippen LogP contribution in [0, 0.1) is 11.3 Å². The summed E-state index contributed by atoms with van der Waals surface area (Å²) in [6.45, 7) is 6.63. The second kappa shape index (κ2) is 10.8. The van der Waals surface area contributed by atoms with Gasteiger partial charge in [-0.25, -0.2) is 4.98 Å². The van der Waals surface area contributed by atoms with E-state index in [2.05, 4.69) is 18.7 Å². The van der Waals surface area contributed by atoms with Crippen LogP contribution in [-0.2, 0) is 6.54 Å². The van der Waals surface area contributed by atoms with E-state index in [1.807, 2.05) is 28.8 Å². The lowest BCUT2D eigenvalue weighted by Crippen LogP contribution is -2.44. The lowest BCUT2D eigenvalue weighted by molar-refractivity contribution is 0.101. The first-order chi connectivity index (χ1) is 16.0. The maximum Gasteiger partial charge on any atom is 0.273 e. The molecule has 2 heterocycles. The van der Waals surface area contributed by atoms with E-state index in [0.29, 0.717) is 17.8 Å². The number of hydrogen-bond acceptors (Lipinski definition) is 4. The molecule has 0 amide bonds. The Morgan fingerprint density at radius 3 is 2.48 bits per heavy atom. The molecular formula is C27H41N5O. The zero-order valence-electron chi connectivity index (χ0n) is 20.4. The number of unbranched alkanes of at least 4 members (excludes halogenated alkanes) is 2. The van der Waals surface area contributed by atoms with Gasteiger partial charge in [0.25, 0.3) is 5.56 Å². The van der Waals surface area contributed by atoms with Gasteiger partial charge in [-0.2, -0.15) is 0 Å². The molecule has 0 radical (unpaired) electrons. The second-order valence-electron chi connectivity index (χ2n) is 10.4. The fraction of sp³-hybridized carbons (Fsp3) is 0.667. The first kappa shape index (κ1) is 23.9. The number of rotatable bonds is 8. The molecular weight excluding hydrogens is 410 g/mol. The van der Waals surface area contributed by atoms with Crippen LogP contribution in [0.25, 0.3) is 11.0 Å². The number of fused-ring (bicyclic) bond motifs is 1. The topological polar surface area (TPSA) is 88.0 Å². The third kappa shape index (κ3) is 5.48. The summed E-state index contributed by atoms with van der Waals surface area (Å²) in [5, 5.41) is 7.87. The fourth-order valence-corrected chi connectivity index (χ4v) is 6.08. The van der Waals surface area contributed by atoms with E-state index in [9.17, 15) is 4.79 Å². The normalized spacial score (nSPS) is 26.5. The molecule has 6 nitrogen and oxygen atoms in total. The summed E-state index contributed by atoms with van der Waals surface area (Å²) in [5.41, 5.74) is 8.37. The van der Waals surface area contributed by atoms with Crippen molar-refractivity contribution in [1.29, 1.82) is 5.41 Å². The molecule has 2 unspecified atom stereocenters. The molecule has 4 rings (SSSR count). The molecule has 2 fully saturated rings. The number of nitrogens with two attached hydrogens (primary N) is 1. The Bertz CT molecular complexity index is 1010. The van der Waals surface area contributed by atoms with E-state index in [0.717, 1.165) is 62.6 Å². The molecule has 33 heavy (non-hydrogen) atoms. The molecule has 2 aromatic rings. The molecule has 1 aromatic carbocycles. The highest BCUT2D eigenvalue weighted by atomic mass is 16.1. The SMILES string of the molecule is C[C@@H]1CCC[C@H](C)N1CCCCCn1c(=O)c(C2CCCC(C(=N)N)C2)nc2ccccc21. The largest absolute Gasteiger partial charge is 0.387 e. The minimum absolute atomic E-state index is 0.0566. The molecule has 6 heteroatoms. The monoisotopic (exact) mass is 451 g/mol. The van der Waals surface area contributed by atoms with E-state index in [4.69, 9.17) is 16.1 Å². The van der Waals surface area contributed by atoms with Crippen molar-refractivity contribution < 1.29 is 0 Å². The molecule has 180 valence electrons. The molecule has 0 bridgehead atoms. The Balaban J connectivity index is 1.46. The Morgan fingerprint density at radius 1 is 1.03 bits per heavy atom. The molecule has 1 aromatic heterocycles. The first-order valence-corrected chi connectivity index (χ1v) is 13.0. The second-order valence-corrected chi connectivity index (χ2v) is 10.4. The fourth-order valence-electron chi connectivity index (χ4n) is 6.08. The molecule has 1 saturated carbocycles. The van der Waals surface area contributed by atoms with E-state index in [1.54, 1.807) is 0 Å². The van der Waals surface area contributed by atoms with Gasteiger partial charge in [0.1, 0.15) is 5.69 Å². The number of aromatic nitrogens is 2. The lowest BCUT2D eigenvalue weighted by atomic mass is 9.79. The zero-order valence-corrected chi connectivity index (χ0v) is 20.4. The van der Waals surface area contributed by atoms with Crippen LogP contribution in [0.1, 0.15) is 89.7 Å². The quantitative estimate of drug-likeness (QED) is 0.334. The van der Waals surface area contributed by atoms with Crippen LogP contribution in [0.2, 0.25) is 0 Å². The number of piperidine rings is 1. The third-order valence-electron chi connectivity index (χ3n) is 8.05. The van der Waals surface area contributed by atoms with Crippen molar-refractivity contribution in [3.05, 3.63) is 40.3 Å². The van der Waals surface area contributed by atoms with Crippen LogP contribution >= 0.6 is 0 Å². The minimum Gasteiger partial charge on any atom is -0.387 e. The van der Waals surface area contributed by atoms with Crippen LogP contribution in [0.5, 0.6) is 0 Å². The molecule has 1 aliphatic carbocycles. The van der Waals surface area contributed by atoms with Crippen LogP contribution in [0.4, 0.5) is 0 Å². The van der Waals surface area contributed by atoms with Gasteiger partial charge in [0.2, 0.25) is 0 Å². The Labute approximate surface area is 198 Å². The lowest BCUT2D eigenvalue weighted by Gasteiger charge is -2.39. The minimum atomic E-state index is 0.0566. The van der Waals surface area contributed by atoms with Gasteiger partial charge in [-0.05, 0) is 77.5 Å². The summed E-state index contributed by atoms with van der Waals surface area (Å²) in [7, 11) is 0. The van der Waals surface area contributed by atoms with Gasteiger partial charge in [0.05, 0.1) is 16.9 Å². The number of hydrogen-bond donors (Lipinski definition) is 2. The third-order valence-corrected chi connectivity index (χ3v) is 8.05. The first-order valence-electron chi connectivity index (χ1n) is 13.0. The highest BCUT2D eigenvalue weighted by Gasteiger charge is 2.29.